The van der Waals surface area contributed by atoms with Crippen LogP contribution < -0.4 is 5.32 Å². The van der Waals surface area contributed by atoms with E-state index in [1.165, 1.54) is 30.8 Å². The van der Waals surface area contributed by atoms with E-state index in [1.807, 2.05) is 30.3 Å². The van der Waals surface area contributed by atoms with Gasteiger partial charge in [0, 0.05) is 11.4 Å². The Morgan fingerprint density at radius 1 is 1.12 bits per heavy atom. The summed E-state index contributed by atoms with van der Waals surface area (Å²) in [6.45, 7) is 1.77. The van der Waals surface area contributed by atoms with Gasteiger partial charge in [-0.3, -0.25) is 9.59 Å². The third-order valence-electron chi connectivity index (χ3n) is 3.16. The first-order valence-corrected chi connectivity index (χ1v) is 8.42. The lowest BCUT2D eigenvalue weighted by Crippen LogP contribution is -2.35. The number of esters is 1. The zero-order valence-electron chi connectivity index (χ0n) is 13.2. The van der Waals surface area contributed by atoms with Crippen LogP contribution >= 0.6 is 11.8 Å². The number of rotatable bonds is 7. The summed E-state index contributed by atoms with van der Waals surface area (Å²) in [5.74, 6) is -1.03. The predicted octanol–water partition coefficient (Wildman–Crippen LogP) is 3.17. The summed E-state index contributed by atoms with van der Waals surface area (Å²) in [5.41, 5.74) is 0.767. The van der Waals surface area contributed by atoms with Crippen LogP contribution in [0.1, 0.15) is 12.5 Å². The van der Waals surface area contributed by atoms with Crippen LogP contribution in [-0.2, 0) is 20.9 Å². The third-order valence-corrected chi connectivity index (χ3v) is 4.14. The van der Waals surface area contributed by atoms with Crippen molar-refractivity contribution in [1.82, 2.24) is 5.32 Å². The van der Waals surface area contributed by atoms with Crippen molar-refractivity contribution in [2.45, 2.75) is 24.5 Å². The fourth-order valence-electron chi connectivity index (χ4n) is 1.88. The predicted molar refractivity (Wildman–Crippen MR) is 91.0 cm³/mol. The highest BCUT2D eigenvalue weighted by Crippen LogP contribution is 2.17. The van der Waals surface area contributed by atoms with Gasteiger partial charge in [0.2, 0.25) is 0 Å². The molecule has 0 radical (unpaired) electrons. The third kappa shape index (κ3) is 6.04. The molecule has 1 amide bonds. The van der Waals surface area contributed by atoms with Gasteiger partial charge in [0.15, 0.2) is 6.10 Å². The van der Waals surface area contributed by atoms with E-state index in [-0.39, 0.29) is 18.1 Å². The van der Waals surface area contributed by atoms with Crippen molar-refractivity contribution in [3.63, 3.8) is 0 Å². The number of hydrogen-bond acceptors (Lipinski definition) is 4. The minimum atomic E-state index is -0.880. The fourth-order valence-corrected chi connectivity index (χ4v) is 2.58. The lowest BCUT2D eigenvalue weighted by Gasteiger charge is -2.13. The molecule has 0 spiro atoms. The number of hydrogen-bond donors (Lipinski definition) is 1. The molecule has 2 aromatic carbocycles. The van der Waals surface area contributed by atoms with Gasteiger partial charge >= 0.3 is 5.97 Å². The highest BCUT2D eigenvalue weighted by Gasteiger charge is 2.17. The molecule has 2 rings (SSSR count). The number of thioether (sulfide) groups is 1. The molecule has 126 valence electrons. The van der Waals surface area contributed by atoms with Crippen LogP contribution in [0.25, 0.3) is 0 Å². The minimum absolute atomic E-state index is 0.138. The maximum absolute atomic E-state index is 12.8. The molecule has 6 heteroatoms. The standard InChI is InChI=1S/C18H18FNO3S/c1-13(18(22)20-11-14-7-9-15(19)10-8-14)23-17(21)12-24-16-5-3-2-4-6-16/h2-10,13H,11-12H2,1H3,(H,20,22)/t13-/m1/s1. The van der Waals surface area contributed by atoms with Gasteiger partial charge in [-0.25, -0.2) is 4.39 Å². The molecule has 2 aromatic rings. The monoisotopic (exact) mass is 347 g/mol. The number of amides is 1. The lowest BCUT2D eigenvalue weighted by atomic mass is 10.2. The van der Waals surface area contributed by atoms with Crippen LogP contribution in [0.4, 0.5) is 4.39 Å². The summed E-state index contributed by atoms with van der Waals surface area (Å²) in [5, 5.41) is 2.65. The normalized spacial score (nSPS) is 11.6. The fraction of sp³-hybridized carbons (Fsp3) is 0.222. The van der Waals surface area contributed by atoms with Gasteiger partial charge in [-0.15, -0.1) is 11.8 Å². The summed E-state index contributed by atoms with van der Waals surface area (Å²) in [4.78, 5) is 24.7. The quantitative estimate of drug-likeness (QED) is 0.617. The average Bonchev–Trinajstić information content (AvgIpc) is 2.60. The van der Waals surface area contributed by atoms with Crippen molar-refractivity contribution < 1.29 is 18.7 Å². The topological polar surface area (TPSA) is 55.4 Å². The van der Waals surface area contributed by atoms with E-state index in [0.717, 1.165) is 10.5 Å². The van der Waals surface area contributed by atoms with Gasteiger partial charge < -0.3 is 10.1 Å². The lowest BCUT2D eigenvalue weighted by molar-refractivity contribution is -0.152. The van der Waals surface area contributed by atoms with Crippen LogP contribution in [0, 0.1) is 5.82 Å². The Labute approximate surface area is 144 Å². The second-order valence-corrected chi connectivity index (χ2v) is 6.13. The number of carbonyl (C=O) groups excluding carboxylic acids is 2. The summed E-state index contributed by atoms with van der Waals surface area (Å²) in [6, 6.07) is 15.3. The summed E-state index contributed by atoms with van der Waals surface area (Å²) in [6.07, 6.45) is -0.880. The molecule has 1 N–H and O–H groups in total. The van der Waals surface area contributed by atoms with Gasteiger partial charge in [-0.05, 0) is 36.8 Å². The first-order valence-electron chi connectivity index (χ1n) is 7.44. The van der Waals surface area contributed by atoms with Gasteiger partial charge in [-0.1, -0.05) is 30.3 Å². The Hall–Kier alpha value is -2.34. The molecular weight excluding hydrogens is 329 g/mol. The number of carbonyl (C=O) groups is 2. The summed E-state index contributed by atoms with van der Waals surface area (Å²) in [7, 11) is 0. The van der Waals surface area contributed by atoms with Crippen LogP contribution in [0.5, 0.6) is 0 Å². The number of halogens is 1. The summed E-state index contributed by atoms with van der Waals surface area (Å²) >= 11 is 1.35. The second kappa shape index (κ2) is 9.08. The molecule has 0 saturated carbocycles. The molecule has 0 fully saturated rings. The van der Waals surface area contributed by atoms with E-state index in [9.17, 15) is 14.0 Å². The smallest absolute Gasteiger partial charge is 0.317 e. The highest BCUT2D eigenvalue weighted by atomic mass is 32.2. The second-order valence-electron chi connectivity index (χ2n) is 5.08. The van der Waals surface area contributed by atoms with Crippen molar-refractivity contribution >= 4 is 23.6 Å². The highest BCUT2D eigenvalue weighted by molar-refractivity contribution is 8.00. The molecule has 0 aliphatic rings. The van der Waals surface area contributed by atoms with Crippen LogP contribution in [0.15, 0.2) is 59.5 Å². The maximum Gasteiger partial charge on any atom is 0.317 e. The van der Waals surface area contributed by atoms with Crippen LogP contribution in [0.2, 0.25) is 0 Å². The Balaban J connectivity index is 1.72. The van der Waals surface area contributed by atoms with Crippen molar-refractivity contribution in [3.05, 3.63) is 66.0 Å². The van der Waals surface area contributed by atoms with Gasteiger partial charge in [0.25, 0.3) is 5.91 Å². The van der Waals surface area contributed by atoms with E-state index in [4.69, 9.17) is 4.74 Å². The number of ether oxygens (including phenoxy) is 1. The first-order chi connectivity index (χ1) is 11.5. The van der Waals surface area contributed by atoms with Gasteiger partial charge in [0.1, 0.15) is 5.82 Å². The number of benzene rings is 2. The van der Waals surface area contributed by atoms with E-state index < -0.39 is 18.0 Å². The minimum Gasteiger partial charge on any atom is -0.452 e. The van der Waals surface area contributed by atoms with Crippen LogP contribution in [0.3, 0.4) is 0 Å². The average molecular weight is 347 g/mol. The zero-order valence-corrected chi connectivity index (χ0v) is 14.0. The van der Waals surface area contributed by atoms with Crippen molar-refractivity contribution in [3.8, 4) is 0 Å². The van der Waals surface area contributed by atoms with Crippen molar-refractivity contribution in [2.75, 3.05) is 5.75 Å². The van der Waals surface area contributed by atoms with E-state index >= 15 is 0 Å². The molecule has 1 atom stereocenters. The Kier molecular flexibility index (Phi) is 6.81. The van der Waals surface area contributed by atoms with E-state index in [2.05, 4.69) is 5.32 Å². The molecule has 0 aliphatic carbocycles. The molecule has 0 aromatic heterocycles. The molecular formula is C18H18FNO3S. The van der Waals surface area contributed by atoms with Crippen molar-refractivity contribution in [2.24, 2.45) is 0 Å². The largest absolute Gasteiger partial charge is 0.452 e. The van der Waals surface area contributed by atoms with Gasteiger partial charge in [0.05, 0.1) is 5.75 Å². The van der Waals surface area contributed by atoms with Crippen molar-refractivity contribution in [1.29, 1.82) is 0 Å². The van der Waals surface area contributed by atoms with E-state index in [1.54, 1.807) is 12.1 Å². The molecule has 0 heterocycles. The summed E-state index contributed by atoms with van der Waals surface area (Å²) < 4.78 is 17.9. The van der Waals surface area contributed by atoms with Gasteiger partial charge in [-0.2, -0.15) is 0 Å². The Morgan fingerprint density at radius 2 is 1.79 bits per heavy atom. The Bertz CT molecular complexity index is 676. The SMILES string of the molecule is C[C@@H](OC(=O)CSc1ccccc1)C(=O)NCc1ccc(F)cc1. The molecule has 0 unspecified atom stereocenters. The van der Waals surface area contributed by atoms with Crippen LogP contribution in [-0.4, -0.2) is 23.7 Å². The number of nitrogens with one attached hydrogen (secondary N) is 1. The zero-order chi connectivity index (χ0) is 17.4. The molecule has 0 bridgehead atoms. The van der Waals surface area contributed by atoms with E-state index in [0.29, 0.717) is 0 Å². The first kappa shape index (κ1) is 18.0. The molecule has 0 aliphatic heterocycles. The molecule has 0 saturated heterocycles. The Morgan fingerprint density at radius 3 is 2.46 bits per heavy atom. The molecule has 24 heavy (non-hydrogen) atoms. The molecule has 4 nitrogen and oxygen atoms in total. The maximum atomic E-state index is 12.8.